The van der Waals surface area contributed by atoms with Crippen molar-refractivity contribution in [2.24, 2.45) is 0 Å². The van der Waals surface area contributed by atoms with Crippen molar-refractivity contribution in [3.05, 3.63) is 29.3 Å². The normalized spacial score (nSPS) is 16.8. The van der Waals surface area contributed by atoms with Gasteiger partial charge < -0.3 is 5.32 Å². The third-order valence-corrected chi connectivity index (χ3v) is 4.71. The van der Waals surface area contributed by atoms with Gasteiger partial charge in [0.25, 0.3) is 0 Å². The van der Waals surface area contributed by atoms with E-state index < -0.39 is 11.7 Å². The Morgan fingerprint density at radius 2 is 2.11 bits per heavy atom. The van der Waals surface area contributed by atoms with Crippen molar-refractivity contribution >= 4 is 17.4 Å². The topological polar surface area (TPSA) is 35.8 Å². The highest BCUT2D eigenvalue weighted by molar-refractivity contribution is 8.00. The van der Waals surface area contributed by atoms with Crippen LogP contribution in [0.2, 0.25) is 0 Å². The second-order valence-electron chi connectivity index (χ2n) is 4.61. The van der Waals surface area contributed by atoms with Gasteiger partial charge in [-0.1, -0.05) is 0 Å². The molecule has 19 heavy (non-hydrogen) atoms. The minimum absolute atomic E-state index is 0.00752. The van der Waals surface area contributed by atoms with Crippen LogP contribution in [-0.4, -0.2) is 17.5 Å². The first kappa shape index (κ1) is 14.1. The van der Waals surface area contributed by atoms with Crippen molar-refractivity contribution in [3.63, 3.8) is 0 Å². The lowest BCUT2D eigenvalue weighted by Crippen LogP contribution is -2.20. The molecule has 0 unspecified atom stereocenters. The molecule has 2 nitrogen and oxygen atoms in total. The fourth-order valence-corrected chi connectivity index (χ4v) is 2.58. The largest absolute Gasteiger partial charge is 0.418 e. The van der Waals surface area contributed by atoms with E-state index in [0.29, 0.717) is 6.54 Å². The van der Waals surface area contributed by atoms with E-state index in [1.165, 1.54) is 12.1 Å². The summed E-state index contributed by atoms with van der Waals surface area (Å²) in [6.45, 7) is 0.492. The zero-order valence-electron chi connectivity index (χ0n) is 10.3. The van der Waals surface area contributed by atoms with Gasteiger partial charge >= 0.3 is 6.18 Å². The van der Waals surface area contributed by atoms with E-state index in [1.54, 1.807) is 11.8 Å². The lowest BCUT2D eigenvalue weighted by atomic mass is 10.1. The molecular weight excluding hydrogens is 273 g/mol. The predicted molar refractivity (Wildman–Crippen MR) is 70.1 cm³/mol. The molecule has 6 heteroatoms. The van der Waals surface area contributed by atoms with E-state index in [0.717, 1.165) is 18.9 Å². The molecule has 0 aromatic heterocycles. The molecule has 0 atom stereocenters. The van der Waals surface area contributed by atoms with Crippen LogP contribution >= 0.6 is 11.8 Å². The fourth-order valence-electron chi connectivity index (χ4n) is 1.86. The molecule has 102 valence electrons. The maximum Gasteiger partial charge on any atom is 0.418 e. The number of rotatable bonds is 4. The highest BCUT2D eigenvalue weighted by atomic mass is 32.2. The molecule has 0 spiro atoms. The number of nitrogens with one attached hydrogen (secondary N) is 1. The summed E-state index contributed by atoms with van der Waals surface area (Å²) in [4.78, 5) is 0. The summed E-state index contributed by atoms with van der Waals surface area (Å²) < 4.78 is 38.7. The monoisotopic (exact) mass is 286 g/mol. The van der Waals surface area contributed by atoms with Gasteiger partial charge in [0.1, 0.15) is 0 Å². The molecule has 0 bridgehead atoms. The molecule has 0 radical (unpaired) electrons. The SMILES string of the molecule is CSC1(CNc2cc(C#N)ccc2C(F)(F)F)CC1. The molecule has 1 aliphatic carbocycles. The van der Waals surface area contributed by atoms with Crippen molar-refractivity contribution < 1.29 is 13.2 Å². The van der Waals surface area contributed by atoms with Crippen molar-refractivity contribution in [1.82, 2.24) is 0 Å². The lowest BCUT2D eigenvalue weighted by molar-refractivity contribution is -0.136. The van der Waals surface area contributed by atoms with Gasteiger partial charge in [0, 0.05) is 17.0 Å². The number of hydrogen-bond acceptors (Lipinski definition) is 3. The molecule has 1 N–H and O–H groups in total. The van der Waals surface area contributed by atoms with E-state index in [1.807, 2.05) is 12.3 Å². The summed E-state index contributed by atoms with van der Waals surface area (Å²) in [6.07, 6.45) is -0.418. The second-order valence-corrected chi connectivity index (χ2v) is 5.88. The number of hydrogen-bond donors (Lipinski definition) is 1. The second kappa shape index (κ2) is 4.97. The first-order valence-corrected chi connectivity index (χ1v) is 7.03. The van der Waals surface area contributed by atoms with Gasteiger partial charge in [-0.3, -0.25) is 0 Å². The van der Waals surface area contributed by atoms with Gasteiger partial charge in [0.05, 0.1) is 17.2 Å². The third kappa shape index (κ3) is 3.16. The van der Waals surface area contributed by atoms with Crippen LogP contribution in [-0.2, 0) is 6.18 Å². The average Bonchev–Trinajstić information content (AvgIpc) is 3.15. The number of benzene rings is 1. The van der Waals surface area contributed by atoms with E-state index in [4.69, 9.17) is 5.26 Å². The Morgan fingerprint density at radius 1 is 1.42 bits per heavy atom. The van der Waals surface area contributed by atoms with E-state index in [2.05, 4.69) is 5.32 Å². The third-order valence-electron chi connectivity index (χ3n) is 3.30. The number of alkyl halides is 3. The molecule has 1 aliphatic rings. The summed E-state index contributed by atoms with van der Waals surface area (Å²) >= 11 is 1.67. The van der Waals surface area contributed by atoms with Crippen LogP contribution in [0.1, 0.15) is 24.0 Å². The van der Waals surface area contributed by atoms with Gasteiger partial charge in [-0.05, 0) is 37.3 Å². The number of halogens is 3. The molecule has 0 amide bonds. The molecule has 1 aromatic rings. The fraction of sp³-hybridized carbons (Fsp3) is 0.462. The van der Waals surface area contributed by atoms with Crippen molar-refractivity contribution in [1.29, 1.82) is 5.26 Å². The molecular formula is C13H13F3N2S. The van der Waals surface area contributed by atoms with E-state index in [9.17, 15) is 13.2 Å². The highest BCUT2D eigenvalue weighted by Crippen LogP contribution is 2.47. The Bertz CT molecular complexity index is 516. The summed E-state index contributed by atoms with van der Waals surface area (Å²) in [7, 11) is 0. The first-order valence-electron chi connectivity index (χ1n) is 5.81. The summed E-state index contributed by atoms with van der Waals surface area (Å²) in [5.74, 6) is 0. The number of nitrogens with zero attached hydrogens (tertiary/aromatic N) is 1. The molecule has 0 saturated heterocycles. The predicted octanol–water partition coefficient (Wildman–Crippen LogP) is 3.88. The van der Waals surface area contributed by atoms with Crippen LogP contribution in [0.15, 0.2) is 18.2 Å². The molecule has 0 heterocycles. The Hall–Kier alpha value is -1.35. The van der Waals surface area contributed by atoms with Crippen LogP contribution in [0.5, 0.6) is 0 Å². The Labute approximate surface area is 114 Å². The smallest absolute Gasteiger partial charge is 0.383 e. The van der Waals surface area contributed by atoms with Crippen molar-refractivity contribution in [3.8, 4) is 6.07 Å². The van der Waals surface area contributed by atoms with E-state index in [-0.39, 0.29) is 16.0 Å². The van der Waals surface area contributed by atoms with Crippen LogP contribution in [0.25, 0.3) is 0 Å². The Kier molecular flexibility index (Phi) is 3.68. The van der Waals surface area contributed by atoms with Gasteiger partial charge in [-0.2, -0.15) is 30.2 Å². The number of thioether (sulfide) groups is 1. The molecule has 1 fully saturated rings. The molecule has 2 rings (SSSR count). The van der Waals surface area contributed by atoms with E-state index >= 15 is 0 Å². The average molecular weight is 286 g/mol. The van der Waals surface area contributed by atoms with Crippen LogP contribution < -0.4 is 5.32 Å². The van der Waals surface area contributed by atoms with Gasteiger partial charge in [0.2, 0.25) is 0 Å². The maximum atomic E-state index is 12.9. The van der Waals surface area contributed by atoms with Crippen molar-refractivity contribution in [2.75, 3.05) is 18.1 Å². The quantitative estimate of drug-likeness (QED) is 0.912. The standard InChI is InChI=1S/C13H13F3N2S/c1-19-12(4-5-12)8-18-11-6-9(7-17)2-3-10(11)13(14,15)16/h2-3,6,18H,4-5,8H2,1H3. The first-order chi connectivity index (χ1) is 8.90. The Morgan fingerprint density at radius 3 is 2.58 bits per heavy atom. The molecule has 1 saturated carbocycles. The van der Waals surface area contributed by atoms with Crippen LogP contribution in [0, 0.1) is 11.3 Å². The maximum absolute atomic E-state index is 12.9. The molecule has 0 aliphatic heterocycles. The number of nitriles is 1. The van der Waals surface area contributed by atoms with Gasteiger partial charge in [0.15, 0.2) is 0 Å². The Balaban J connectivity index is 2.23. The van der Waals surface area contributed by atoms with Gasteiger partial charge in [-0.25, -0.2) is 0 Å². The van der Waals surface area contributed by atoms with Crippen LogP contribution in [0.4, 0.5) is 18.9 Å². The molecule has 1 aromatic carbocycles. The summed E-state index contributed by atoms with van der Waals surface area (Å²) in [5, 5.41) is 11.6. The summed E-state index contributed by atoms with van der Waals surface area (Å²) in [6, 6.07) is 5.27. The summed E-state index contributed by atoms with van der Waals surface area (Å²) in [5.41, 5.74) is -0.500. The minimum atomic E-state index is -4.41. The van der Waals surface area contributed by atoms with Crippen LogP contribution in [0.3, 0.4) is 0 Å². The minimum Gasteiger partial charge on any atom is -0.383 e. The van der Waals surface area contributed by atoms with Crippen molar-refractivity contribution in [2.45, 2.75) is 23.8 Å². The number of anilines is 1. The lowest BCUT2D eigenvalue weighted by Gasteiger charge is -2.18. The highest BCUT2D eigenvalue weighted by Gasteiger charge is 2.42. The van der Waals surface area contributed by atoms with Gasteiger partial charge in [-0.15, -0.1) is 0 Å². The zero-order chi connectivity index (χ0) is 14.1. The zero-order valence-corrected chi connectivity index (χ0v) is 11.2.